The smallest absolute Gasteiger partial charge is 0.290 e. The van der Waals surface area contributed by atoms with Gasteiger partial charge in [-0.3, -0.25) is 9.78 Å². The van der Waals surface area contributed by atoms with Crippen LogP contribution >= 0.6 is 11.3 Å². The Kier molecular flexibility index (Phi) is 14.0. The number of aryl methyl sites for hydroxylation is 1. The molecule has 7 heteroatoms. The number of β-amino-alcohol motifs (C(OH)–C–C–N with tert-alkyl or cyclic N) is 1. The lowest BCUT2D eigenvalue weighted by molar-refractivity contribution is -0.122. The summed E-state index contributed by atoms with van der Waals surface area (Å²) in [6, 6.07) is 8.50. The molecule has 1 saturated carbocycles. The van der Waals surface area contributed by atoms with Crippen molar-refractivity contribution in [3.63, 3.8) is 0 Å². The van der Waals surface area contributed by atoms with Crippen LogP contribution in [0.25, 0.3) is 10.4 Å². The number of thiazole rings is 1. The summed E-state index contributed by atoms with van der Waals surface area (Å²) in [5, 5.41) is 21.7. The number of rotatable bonds is 4. The molecule has 2 fully saturated rings. The standard InChI is InChI=1S/C10H9NS.C7H15N.C4H9NO.CH2O2/c1-8-2-4-9(5-3-8)10-6-11-7-12-10;1-8-6-5-7-3-2-4-7;6-4-1-2-5-3-4;2-1-3/h2-7H,1H3;7-8H,2-6H2,1H3;4-6H,1-3H2;1H,(H,2,3). The third-order valence-corrected chi connectivity index (χ3v) is 5.65. The first-order chi connectivity index (χ1) is 14.1. The Morgan fingerprint density at radius 3 is 2.34 bits per heavy atom. The second-order valence-corrected chi connectivity index (χ2v) is 8.06. The second kappa shape index (κ2) is 16.0. The normalized spacial score (nSPS) is 17.4. The maximum Gasteiger partial charge on any atom is 0.290 e. The van der Waals surface area contributed by atoms with Crippen LogP contribution in [0.1, 0.15) is 37.7 Å². The van der Waals surface area contributed by atoms with Crippen LogP contribution < -0.4 is 10.6 Å². The second-order valence-electron chi connectivity index (χ2n) is 7.17. The number of aliphatic hydroxyl groups excluding tert-OH is 1. The van der Waals surface area contributed by atoms with E-state index in [2.05, 4.69) is 46.8 Å². The molecule has 1 atom stereocenters. The topological polar surface area (TPSA) is 94.5 Å². The minimum absolute atomic E-state index is 0.0648. The number of hydrogen-bond acceptors (Lipinski definition) is 6. The average molecular weight is 422 g/mol. The molecule has 1 saturated heterocycles. The fraction of sp³-hybridized carbons (Fsp3) is 0.545. The lowest BCUT2D eigenvalue weighted by atomic mass is 9.83. The molecule has 4 N–H and O–H groups in total. The van der Waals surface area contributed by atoms with Crippen molar-refractivity contribution in [1.82, 2.24) is 15.6 Å². The van der Waals surface area contributed by atoms with E-state index < -0.39 is 0 Å². The Labute approximate surface area is 178 Å². The Hall–Kier alpha value is -1.80. The van der Waals surface area contributed by atoms with Crippen LogP contribution in [0.5, 0.6) is 0 Å². The Morgan fingerprint density at radius 1 is 1.28 bits per heavy atom. The van der Waals surface area contributed by atoms with E-state index in [1.165, 1.54) is 48.2 Å². The van der Waals surface area contributed by atoms with Gasteiger partial charge in [-0.2, -0.15) is 0 Å². The van der Waals surface area contributed by atoms with Crippen molar-refractivity contribution >= 4 is 17.8 Å². The van der Waals surface area contributed by atoms with Gasteiger partial charge in [0.05, 0.1) is 16.5 Å². The summed E-state index contributed by atoms with van der Waals surface area (Å²) in [4.78, 5) is 13.6. The first-order valence-electron chi connectivity index (χ1n) is 10.2. The number of nitrogens with one attached hydrogen (secondary N) is 2. The third kappa shape index (κ3) is 11.7. The zero-order valence-corrected chi connectivity index (χ0v) is 18.3. The van der Waals surface area contributed by atoms with Crippen LogP contribution in [0.3, 0.4) is 0 Å². The molecule has 2 aromatic rings. The van der Waals surface area contributed by atoms with Crippen molar-refractivity contribution < 1.29 is 15.0 Å². The number of aromatic nitrogens is 1. The molecular weight excluding hydrogens is 386 g/mol. The van der Waals surface area contributed by atoms with Gasteiger partial charge in [0.25, 0.3) is 6.47 Å². The molecule has 1 aromatic carbocycles. The number of aliphatic hydroxyl groups is 1. The van der Waals surface area contributed by atoms with Crippen LogP contribution in [0.15, 0.2) is 36.0 Å². The van der Waals surface area contributed by atoms with Gasteiger partial charge in [0.2, 0.25) is 0 Å². The summed E-state index contributed by atoms with van der Waals surface area (Å²) in [5.74, 6) is 1.07. The monoisotopic (exact) mass is 421 g/mol. The van der Waals surface area contributed by atoms with E-state index in [1.807, 2.05) is 18.8 Å². The molecular formula is C22H35N3O3S. The summed E-state index contributed by atoms with van der Waals surface area (Å²) in [5.41, 5.74) is 4.40. The largest absolute Gasteiger partial charge is 0.483 e. The van der Waals surface area contributed by atoms with Crippen LogP contribution in [0.4, 0.5) is 0 Å². The highest BCUT2D eigenvalue weighted by atomic mass is 32.1. The molecule has 0 bridgehead atoms. The molecule has 1 aliphatic carbocycles. The van der Waals surface area contributed by atoms with Crippen molar-refractivity contribution in [2.75, 3.05) is 26.7 Å². The quantitative estimate of drug-likeness (QED) is 0.564. The molecule has 29 heavy (non-hydrogen) atoms. The highest BCUT2D eigenvalue weighted by Crippen LogP contribution is 2.28. The van der Waals surface area contributed by atoms with E-state index in [0.717, 1.165) is 25.4 Å². The summed E-state index contributed by atoms with van der Waals surface area (Å²) in [6.07, 6.45) is 8.62. The molecule has 1 aromatic heterocycles. The lowest BCUT2D eigenvalue weighted by Crippen LogP contribution is -2.17. The van der Waals surface area contributed by atoms with Gasteiger partial charge < -0.3 is 20.8 Å². The molecule has 4 rings (SSSR count). The van der Waals surface area contributed by atoms with E-state index in [1.54, 1.807) is 11.3 Å². The first-order valence-corrected chi connectivity index (χ1v) is 11.0. The predicted octanol–water partition coefficient (Wildman–Crippen LogP) is 3.56. The fourth-order valence-corrected chi connectivity index (χ4v) is 3.47. The highest BCUT2D eigenvalue weighted by molar-refractivity contribution is 7.13. The summed E-state index contributed by atoms with van der Waals surface area (Å²) in [7, 11) is 2.03. The molecule has 0 radical (unpaired) electrons. The minimum atomic E-state index is -0.250. The SMILES string of the molecule is CNCCC1CCC1.Cc1ccc(-c2cncs2)cc1.O=CO.OC1CCNC1. The van der Waals surface area contributed by atoms with Crippen molar-refractivity contribution in [2.45, 2.75) is 45.1 Å². The van der Waals surface area contributed by atoms with Crippen molar-refractivity contribution in [1.29, 1.82) is 0 Å². The van der Waals surface area contributed by atoms with Crippen molar-refractivity contribution in [2.24, 2.45) is 5.92 Å². The summed E-state index contributed by atoms with van der Waals surface area (Å²) in [6.45, 7) is 4.84. The first kappa shape index (κ1) is 25.2. The predicted molar refractivity (Wildman–Crippen MR) is 120 cm³/mol. The number of nitrogens with zero attached hydrogens (tertiary/aromatic N) is 1. The number of carbonyl (C=O) groups is 1. The Bertz CT molecular complexity index is 625. The van der Waals surface area contributed by atoms with Gasteiger partial charge in [-0.15, -0.1) is 11.3 Å². The van der Waals surface area contributed by atoms with E-state index in [9.17, 15) is 0 Å². The van der Waals surface area contributed by atoms with Gasteiger partial charge in [0, 0.05) is 12.7 Å². The molecule has 2 heterocycles. The summed E-state index contributed by atoms with van der Waals surface area (Å²) < 4.78 is 0. The fourth-order valence-electron chi connectivity index (χ4n) is 2.85. The van der Waals surface area contributed by atoms with Crippen molar-refractivity contribution in [3.05, 3.63) is 41.5 Å². The number of benzene rings is 1. The van der Waals surface area contributed by atoms with Gasteiger partial charge in [-0.1, -0.05) is 49.1 Å². The highest BCUT2D eigenvalue weighted by Gasteiger charge is 2.15. The van der Waals surface area contributed by atoms with Crippen LogP contribution in [-0.2, 0) is 4.79 Å². The average Bonchev–Trinajstić information content (AvgIpc) is 3.37. The van der Waals surface area contributed by atoms with Gasteiger partial charge in [0.15, 0.2) is 0 Å². The van der Waals surface area contributed by atoms with E-state index in [4.69, 9.17) is 15.0 Å². The Balaban J connectivity index is 0.000000215. The van der Waals surface area contributed by atoms with Crippen LogP contribution in [-0.4, -0.2) is 54.5 Å². The molecule has 2 aliphatic rings. The van der Waals surface area contributed by atoms with E-state index in [0.29, 0.717) is 0 Å². The molecule has 6 nitrogen and oxygen atoms in total. The molecule has 1 aliphatic heterocycles. The van der Waals surface area contributed by atoms with Crippen molar-refractivity contribution in [3.8, 4) is 10.4 Å². The summed E-state index contributed by atoms with van der Waals surface area (Å²) >= 11 is 1.67. The van der Waals surface area contributed by atoms with Crippen LogP contribution in [0, 0.1) is 12.8 Å². The third-order valence-electron chi connectivity index (χ3n) is 4.83. The maximum absolute atomic E-state index is 8.67. The molecule has 0 spiro atoms. The maximum atomic E-state index is 8.67. The van der Waals surface area contributed by atoms with Gasteiger partial charge in [-0.05, 0) is 51.4 Å². The molecule has 0 amide bonds. The number of hydrogen-bond donors (Lipinski definition) is 4. The lowest BCUT2D eigenvalue weighted by Gasteiger charge is -2.24. The zero-order chi connectivity index (χ0) is 21.3. The number of carboxylic acid groups (broad SMARTS) is 1. The minimum Gasteiger partial charge on any atom is -0.483 e. The van der Waals surface area contributed by atoms with Gasteiger partial charge in [0.1, 0.15) is 0 Å². The molecule has 162 valence electrons. The van der Waals surface area contributed by atoms with E-state index >= 15 is 0 Å². The molecule has 1 unspecified atom stereocenters. The van der Waals surface area contributed by atoms with Crippen LogP contribution in [0.2, 0.25) is 0 Å². The zero-order valence-electron chi connectivity index (χ0n) is 17.5. The van der Waals surface area contributed by atoms with E-state index in [-0.39, 0.29) is 12.6 Å². The van der Waals surface area contributed by atoms with Gasteiger partial charge in [-0.25, -0.2) is 0 Å². The van der Waals surface area contributed by atoms with Gasteiger partial charge >= 0.3 is 0 Å². The Morgan fingerprint density at radius 2 is 1.97 bits per heavy atom.